The van der Waals surface area contributed by atoms with Crippen molar-refractivity contribution in [2.45, 2.75) is 119 Å². The van der Waals surface area contributed by atoms with E-state index in [9.17, 15) is 14.7 Å². The fourth-order valence-corrected chi connectivity index (χ4v) is 12.9. The lowest BCUT2D eigenvalue weighted by atomic mass is 9.33. The maximum atomic E-state index is 14.8. The number of β-amino-alcohol motifs (C(OH)–C–C–N with tert-alkyl or cyclic N) is 1. The third-order valence-corrected chi connectivity index (χ3v) is 15.7. The Kier molecular flexibility index (Phi) is 8.21. The van der Waals surface area contributed by atoms with Crippen LogP contribution in [0.5, 0.6) is 0 Å². The summed E-state index contributed by atoms with van der Waals surface area (Å²) in [4.78, 5) is 31.3. The van der Waals surface area contributed by atoms with Gasteiger partial charge in [0.25, 0.3) is 0 Å². The molecule has 1 amide bonds. The standard InChI is InChI=1S/C38H62N2O4/c1-25-11-16-38(33(43)40-21-19-39(20-22-40)23-24-41)18-17-36(7)28(32(38)26(25)2)9-10-30-35(6)14-13-31(44-27(3)42)34(4,5)29(35)12-15-37(30,36)8/h9,25-26,29-32,41H,10-24H2,1-8H3/t25-,26+,29+,30-,31+,32+,35+,36-,37-,38+/m1/s1. The molecule has 1 heterocycles. The summed E-state index contributed by atoms with van der Waals surface area (Å²) in [7, 11) is 0. The smallest absolute Gasteiger partial charge is 0.302 e. The lowest BCUT2D eigenvalue weighted by Crippen LogP contribution is -2.66. The van der Waals surface area contributed by atoms with E-state index in [1.165, 1.54) is 12.8 Å². The minimum absolute atomic E-state index is 0.00380. The van der Waals surface area contributed by atoms with Crippen LogP contribution < -0.4 is 0 Å². The summed E-state index contributed by atoms with van der Waals surface area (Å²) < 4.78 is 5.95. The van der Waals surface area contributed by atoms with Gasteiger partial charge in [-0.1, -0.05) is 60.1 Å². The normalized spacial score (nSPS) is 46.9. The van der Waals surface area contributed by atoms with Gasteiger partial charge in [0.1, 0.15) is 6.10 Å². The molecular formula is C38H62N2O4. The minimum Gasteiger partial charge on any atom is -0.462 e. The van der Waals surface area contributed by atoms with Gasteiger partial charge in [0.2, 0.25) is 5.91 Å². The molecule has 6 nitrogen and oxygen atoms in total. The van der Waals surface area contributed by atoms with Crippen molar-refractivity contribution >= 4 is 11.9 Å². The van der Waals surface area contributed by atoms with E-state index in [0.717, 1.165) is 71.1 Å². The van der Waals surface area contributed by atoms with Gasteiger partial charge in [-0.05, 0) is 104 Å². The van der Waals surface area contributed by atoms with Crippen molar-refractivity contribution in [2.75, 3.05) is 39.3 Å². The van der Waals surface area contributed by atoms with E-state index in [-0.39, 0.29) is 45.8 Å². The van der Waals surface area contributed by atoms with Gasteiger partial charge in [0.15, 0.2) is 0 Å². The molecule has 0 aromatic carbocycles. The number of hydrogen-bond acceptors (Lipinski definition) is 5. The number of ether oxygens (including phenoxy) is 1. The molecule has 248 valence electrons. The van der Waals surface area contributed by atoms with Gasteiger partial charge in [-0.25, -0.2) is 0 Å². The average Bonchev–Trinajstić information content (AvgIpc) is 2.97. The van der Waals surface area contributed by atoms with Crippen LogP contribution in [0.15, 0.2) is 11.6 Å². The van der Waals surface area contributed by atoms with Crippen LogP contribution in [0.25, 0.3) is 0 Å². The summed E-state index contributed by atoms with van der Waals surface area (Å²) in [5, 5.41) is 9.44. The predicted octanol–water partition coefficient (Wildman–Crippen LogP) is 6.71. The van der Waals surface area contributed by atoms with Gasteiger partial charge in [-0.3, -0.25) is 14.5 Å². The first kappa shape index (κ1) is 32.5. The SMILES string of the molecule is CC(=O)O[C@H]1CC[C@]2(C)[C@H]3CC=C4[C@@H]5[C@@H](C)[C@H](C)CC[C@]5(C(=O)N5CCN(CCO)CC5)CC[C@@]4(C)[C@]3(C)CC[C@H]2C1(C)C. The van der Waals surface area contributed by atoms with Crippen molar-refractivity contribution in [1.29, 1.82) is 0 Å². The molecule has 1 N–H and O–H groups in total. The average molecular weight is 611 g/mol. The van der Waals surface area contributed by atoms with Gasteiger partial charge >= 0.3 is 5.97 Å². The Balaban J connectivity index is 1.34. The van der Waals surface area contributed by atoms with Crippen molar-refractivity contribution in [3.8, 4) is 0 Å². The highest BCUT2D eigenvalue weighted by Gasteiger charge is 2.70. The van der Waals surface area contributed by atoms with E-state index < -0.39 is 0 Å². The molecule has 5 aliphatic carbocycles. The molecule has 0 aromatic heterocycles. The summed E-state index contributed by atoms with van der Waals surface area (Å²) >= 11 is 0. The highest BCUT2D eigenvalue weighted by atomic mass is 16.5. The van der Waals surface area contributed by atoms with E-state index in [1.54, 1.807) is 12.5 Å². The predicted molar refractivity (Wildman–Crippen MR) is 175 cm³/mol. The molecule has 0 unspecified atom stereocenters. The topological polar surface area (TPSA) is 70.1 Å². The number of amides is 1. The molecule has 0 bridgehead atoms. The van der Waals surface area contributed by atoms with E-state index >= 15 is 0 Å². The Bertz CT molecular complexity index is 1170. The molecule has 5 fully saturated rings. The number of fused-ring (bicyclic) bond motifs is 7. The van der Waals surface area contributed by atoms with E-state index in [1.807, 2.05) is 0 Å². The van der Waals surface area contributed by atoms with Crippen LogP contribution in [0, 0.1) is 56.7 Å². The second-order valence-electron chi connectivity index (χ2n) is 17.6. The number of aliphatic hydroxyl groups is 1. The van der Waals surface area contributed by atoms with Gasteiger partial charge in [0.05, 0.1) is 12.0 Å². The Morgan fingerprint density at radius 1 is 0.909 bits per heavy atom. The number of nitrogens with zero attached hydrogens (tertiary/aromatic N) is 2. The molecular weight excluding hydrogens is 548 g/mol. The molecule has 0 aromatic rings. The number of hydrogen-bond donors (Lipinski definition) is 1. The first-order chi connectivity index (χ1) is 20.7. The van der Waals surface area contributed by atoms with E-state index in [2.05, 4.69) is 64.3 Å². The highest BCUT2D eigenvalue weighted by molar-refractivity contribution is 5.84. The Hall–Kier alpha value is -1.40. The fourth-order valence-electron chi connectivity index (χ4n) is 12.9. The first-order valence-electron chi connectivity index (χ1n) is 18.2. The number of piperazine rings is 1. The van der Waals surface area contributed by atoms with Gasteiger partial charge in [-0.15, -0.1) is 0 Å². The van der Waals surface area contributed by atoms with Gasteiger partial charge in [-0.2, -0.15) is 0 Å². The molecule has 1 saturated heterocycles. The summed E-state index contributed by atoms with van der Waals surface area (Å²) in [6, 6.07) is 0. The molecule has 10 atom stereocenters. The zero-order valence-electron chi connectivity index (χ0n) is 29.2. The molecule has 6 aliphatic rings. The van der Waals surface area contributed by atoms with Crippen molar-refractivity contribution < 1.29 is 19.4 Å². The largest absolute Gasteiger partial charge is 0.462 e. The number of carbonyl (C=O) groups is 2. The van der Waals surface area contributed by atoms with Crippen LogP contribution in [0.1, 0.15) is 113 Å². The molecule has 0 spiro atoms. The lowest BCUT2D eigenvalue weighted by Gasteiger charge is -2.71. The number of rotatable bonds is 4. The van der Waals surface area contributed by atoms with E-state index in [4.69, 9.17) is 4.74 Å². The van der Waals surface area contributed by atoms with Crippen LogP contribution in [-0.2, 0) is 14.3 Å². The second kappa shape index (κ2) is 11.1. The zero-order valence-corrected chi connectivity index (χ0v) is 29.2. The quantitative estimate of drug-likeness (QED) is 0.283. The number of esters is 1. The number of aliphatic hydroxyl groups excluding tert-OH is 1. The van der Waals surface area contributed by atoms with Crippen LogP contribution in [-0.4, -0.2) is 72.2 Å². The summed E-state index contributed by atoms with van der Waals surface area (Å²) in [5.74, 6) is 2.87. The molecule has 6 heteroatoms. The summed E-state index contributed by atoms with van der Waals surface area (Å²) in [6.45, 7) is 23.2. The lowest BCUT2D eigenvalue weighted by molar-refractivity contribution is -0.213. The summed E-state index contributed by atoms with van der Waals surface area (Å²) in [6.07, 6.45) is 12.6. The molecule has 44 heavy (non-hydrogen) atoms. The maximum Gasteiger partial charge on any atom is 0.302 e. The second-order valence-corrected chi connectivity index (χ2v) is 17.6. The Labute approximate surface area is 267 Å². The van der Waals surface area contributed by atoms with E-state index in [0.29, 0.717) is 42.0 Å². The number of carbonyl (C=O) groups excluding carboxylic acids is 2. The monoisotopic (exact) mass is 610 g/mol. The van der Waals surface area contributed by atoms with Crippen LogP contribution in [0.3, 0.4) is 0 Å². The van der Waals surface area contributed by atoms with Crippen molar-refractivity contribution in [3.63, 3.8) is 0 Å². The molecule has 4 saturated carbocycles. The molecule has 6 rings (SSSR count). The van der Waals surface area contributed by atoms with Crippen LogP contribution in [0.2, 0.25) is 0 Å². The van der Waals surface area contributed by atoms with Crippen molar-refractivity contribution in [1.82, 2.24) is 9.80 Å². The molecule has 1 aliphatic heterocycles. The molecule has 0 radical (unpaired) electrons. The highest BCUT2D eigenvalue weighted by Crippen LogP contribution is 2.76. The van der Waals surface area contributed by atoms with Crippen LogP contribution >= 0.6 is 0 Å². The third-order valence-electron chi connectivity index (χ3n) is 15.7. The van der Waals surface area contributed by atoms with Crippen LogP contribution in [0.4, 0.5) is 0 Å². The van der Waals surface area contributed by atoms with Crippen molar-refractivity contribution in [2.24, 2.45) is 56.7 Å². The minimum atomic E-state index is -0.273. The third kappa shape index (κ3) is 4.53. The Morgan fingerprint density at radius 3 is 2.27 bits per heavy atom. The zero-order chi connectivity index (χ0) is 31.9. The maximum absolute atomic E-state index is 14.8. The summed E-state index contributed by atoms with van der Waals surface area (Å²) in [5.41, 5.74) is 1.84. The van der Waals surface area contributed by atoms with Gasteiger partial charge < -0.3 is 14.7 Å². The van der Waals surface area contributed by atoms with Gasteiger partial charge in [0, 0.05) is 45.1 Å². The first-order valence-corrected chi connectivity index (χ1v) is 18.2. The van der Waals surface area contributed by atoms with Crippen molar-refractivity contribution in [3.05, 3.63) is 11.6 Å². The number of allylic oxidation sites excluding steroid dienone is 2. The Morgan fingerprint density at radius 2 is 1.61 bits per heavy atom. The fraction of sp³-hybridized carbons (Fsp3) is 0.895.